The lowest BCUT2D eigenvalue weighted by molar-refractivity contribution is 0.228. The molecule has 0 atom stereocenters. The van der Waals surface area contributed by atoms with Gasteiger partial charge in [-0.3, -0.25) is 0 Å². The number of hydrogen-bond donors (Lipinski definition) is 1. The Bertz CT molecular complexity index is 441. The van der Waals surface area contributed by atoms with Gasteiger partial charge < -0.3 is 5.73 Å². The highest BCUT2D eigenvalue weighted by Gasteiger charge is 2.31. The predicted molar refractivity (Wildman–Crippen MR) is 81.3 cm³/mol. The third kappa shape index (κ3) is 2.86. The number of hydrogen-bond acceptors (Lipinski definition) is 1. The minimum Gasteiger partial charge on any atom is -0.325 e. The fourth-order valence-corrected chi connectivity index (χ4v) is 3.98. The summed E-state index contributed by atoms with van der Waals surface area (Å²) >= 11 is 0. The molecule has 0 bridgehead atoms. The molecule has 3 rings (SSSR count). The quantitative estimate of drug-likeness (QED) is 0.869. The Balaban J connectivity index is 1.68. The van der Waals surface area contributed by atoms with Crippen molar-refractivity contribution in [3.05, 3.63) is 34.9 Å². The highest BCUT2D eigenvalue weighted by Crippen LogP contribution is 2.35. The van der Waals surface area contributed by atoms with Crippen molar-refractivity contribution < 1.29 is 0 Å². The fraction of sp³-hybridized carbons (Fsp3) is 0.667. The van der Waals surface area contributed by atoms with Gasteiger partial charge in [0.25, 0.3) is 0 Å². The van der Waals surface area contributed by atoms with Gasteiger partial charge in [-0.2, -0.15) is 0 Å². The van der Waals surface area contributed by atoms with Crippen molar-refractivity contribution >= 4 is 0 Å². The standard InChI is InChI=1S/C18H27N/c1-2-14-8-10-18(19,11-9-14)13-15-6-7-16-4-3-5-17(16)12-15/h6-7,12,14H,2-5,8-11,13,19H2,1H3. The molecule has 1 aromatic carbocycles. The van der Waals surface area contributed by atoms with Crippen LogP contribution in [0, 0.1) is 5.92 Å². The van der Waals surface area contributed by atoms with Crippen LogP contribution >= 0.6 is 0 Å². The summed E-state index contributed by atoms with van der Waals surface area (Å²) in [4.78, 5) is 0. The molecule has 0 amide bonds. The smallest absolute Gasteiger partial charge is 0.0195 e. The summed E-state index contributed by atoms with van der Waals surface area (Å²) < 4.78 is 0. The number of nitrogens with two attached hydrogens (primary N) is 1. The van der Waals surface area contributed by atoms with Gasteiger partial charge in [-0.05, 0) is 74.0 Å². The molecular weight excluding hydrogens is 230 g/mol. The number of fused-ring (bicyclic) bond motifs is 1. The third-order valence-electron chi connectivity index (χ3n) is 5.40. The van der Waals surface area contributed by atoms with Crippen LogP contribution in [0.2, 0.25) is 0 Å². The van der Waals surface area contributed by atoms with Crippen LogP contribution < -0.4 is 5.73 Å². The maximum Gasteiger partial charge on any atom is 0.0195 e. The van der Waals surface area contributed by atoms with Crippen LogP contribution in [-0.2, 0) is 19.3 Å². The van der Waals surface area contributed by atoms with E-state index in [1.165, 1.54) is 56.9 Å². The Morgan fingerprint density at radius 1 is 1.16 bits per heavy atom. The maximum atomic E-state index is 6.65. The highest BCUT2D eigenvalue weighted by atomic mass is 14.7. The lowest BCUT2D eigenvalue weighted by atomic mass is 9.73. The SMILES string of the molecule is CCC1CCC(N)(Cc2ccc3c(c2)CCC3)CC1. The van der Waals surface area contributed by atoms with Gasteiger partial charge in [-0.1, -0.05) is 31.5 Å². The van der Waals surface area contributed by atoms with Crippen molar-refractivity contribution in [2.75, 3.05) is 0 Å². The van der Waals surface area contributed by atoms with E-state index in [0.717, 1.165) is 12.3 Å². The molecule has 1 aromatic rings. The van der Waals surface area contributed by atoms with E-state index >= 15 is 0 Å². The number of rotatable bonds is 3. The Morgan fingerprint density at radius 2 is 1.89 bits per heavy atom. The average Bonchev–Trinajstić information content (AvgIpc) is 2.87. The van der Waals surface area contributed by atoms with Gasteiger partial charge in [0.15, 0.2) is 0 Å². The van der Waals surface area contributed by atoms with Crippen LogP contribution in [0.4, 0.5) is 0 Å². The third-order valence-corrected chi connectivity index (χ3v) is 5.40. The molecule has 0 spiro atoms. The maximum absolute atomic E-state index is 6.65. The predicted octanol–water partition coefficient (Wildman–Crippen LogP) is 4.02. The second kappa shape index (κ2) is 5.28. The first-order valence-electron chi connectivity index (χ1n) is 8.08. The van der Waals surface area contributed by atoms with Gasteiger partial charge in [-0.15, -0.1) is 0 Å². The first kappa shape index (κ1) is 13.2. The first-order valence-corrected chi connectivity index (χ1v) is 8.08. The molecule has 0 aliphatic heterocycles. The molecule has 0 heterocycles. The topological polar surface area (TPSA) is 26.0 Å². The molecule has 2 aliphatic carbocycles. The summed E-state index contributed by atoms with van der Waals surface area (Å²) in [7, 11) is 0. The summed E-state index contributed by atoms with van der Waals surface area (Å²) in [5, 5.41) is 0. The van der Waals surface area contributed by atoms with Crippen molar-refractivity contribution in [3.8, 4) is 0 Å². The molecular formula is C18H27N. The highest BCUT2D eigenvalue weighted by molar-refractivity contribution is 5.36. The monoisotopic (exact) mass is 257 g/mol. The zero-order valence-electron chi connectivity index (χ0n) is 12.3. The van der Waals surface area contributed by atoms with Crippen molar-refractivity contribution in [2.45, 2.75) is 70.3 Å². The normalized spacial score (nSPS) is 30.3. The molecule has 0 unspecified atom stereocenters. The van der Waals surface area contributed by atoms with E-state index in [4.69, 9.17) is 5.73 Å². The van der Waals surface area contributed by atoms with Gasteiger partial charge in [0.2, 0.25) is 0 Å². The lowest BCUT2D eigenvalue weighted by Crippen LogP contribution is -2.45. The molecule has 104 valence electrons. The van der Waals surface area contributed by atoms with Crippen LogP contribution in [0.3, 0.4) is 0 Å². The van der Waals surface area contributed by atoms with E-state index in [2.05, 4.69) is 25.1 Å². The molecule has 19 heavy (non-hydrogen) atoms. The summed E-state index contributed by atoms with van der Waals surface area (Å²) in [6, 6.07) is 7.10. The van der Waals surface area contributed by atoms with Crippen molar-refractivity contribution in [1.82, 2.24) is 0 Å². The zero-order valence-corrected chi connectivity index (χ0v) is 12.3. The Kier molecular flexibility index (Phi) is 3.66. The summed E-state index contributed by atoms with van der Waals surface area (Å²) in [6.07, 6.45) is 11.4. The molecule has 0 saturated heterocycles. The second-order valence-corrected chi connectivity index (χ2v) is 6.85. The van der Waals surface area contributed by atoms with Crippen molar-refractivity contribution in [3.63, 3.8) is 0 Å². The largest absolute Gasteiger partial charge is 0.325 e. The van der Waals surface area contributed by atoms with Gasteiger partial charge in [0.05, 0.1) is 0 Å². The second-order valence-electron chi connectivity index (χ2n) is 6.85. The summed E-state index contributed by atoms with van der Waals surface area (Å²) in [5.74, 6) is 0.927. The molecule has 0 aromatic heterocycles. The van der Waals surface area contributed by atoms with Crippen molar-refractivity contribution in [2.24, 2.45) is 11.7 Å². The van der Waals surface area contributed by atoms with Gasteiger partial charge in [0, 0.05) is 5.54 Å². The zero-order chi connectivity index (χ0) is 13.3. The van der Waals surface area contributed by atoms with E-state index in [1.807, 2.05) is 0 Å². The van der Waals surface area contributed by atoms with E-state index < -0.39 is 0 Å². The van der Waals surface area contributed by atoms with Crippen LogP contribution in [0.25, 0.3) is 0 Å². The average molecular weight is 257 g/mol. The fourth-order valence-electron chi connectivity index (χ4n) is 3.98. The van der Waals surface area contributed by atoms with Crippen LogP contribution in [0.1, 0.15) is 62.1 Å². The van der Waals surface area contributed by atoms with E-state index in [1.54, 1.807) is 11.1 Å². The Labute approximate surface area is 117 Å². The van der Waals surface area contributed by atoms with Crippen molar-refractivity contribution in [1.29, 1.82) is 0 Å². The lowest BCUT2D eigenvalue weighted by Gasteiger charge is -2.37. The minimum atomic E-state index is 0.0680. The molecule has 2 aliphatic rings. The Hall–Kier alpha value is -0.820. The first-order chi connectivity index (χ1) is 9.18. The van der Waals surface area contributed by atoms with E-state index in [-0.39, 0.29) is 5.54 Å². The molecule has 2 N–H and O–H groups in total. The van der Waals surface area contributed by atoms with Crippen LogP contribution in [-0.4, -0.2) is 5.54 Å². The number of aryl methyl sites for hydroxylation is 2. The van der Waals surface area contributed by atoms with Crippen LogP contribution in [0.5, 0.6) is 0 Å². The summed E-state index contributed by atoms with van der Waals surface area (Å²) in [5.41, 5.74) is 11.4. The van der Waals surface area contributed by atoms with E-state index in [9.17, 15) is 0 Å². The molecule has 1 nitrogen and oxygen atoms in total. The number of benzene rings is 1. The van der Waals surface area contributed by atoms with Crippen LogP contribution in [0.15, 0.2) is 18.2 Å². The Morgan fingerprint density at radius 3 is 2.63 bits per heavy atom. The van der Waals surface area contributed by atoms with Gasteiger partial charge in [0.1, 0.15) is 0 Å². The molecule has 0 radical (unpaired) electrons. The summed E-state index contributed by atoms with van der Waals surface area (Å²) in [6.45, 7) is 2.31. The molecule has 1 saturated carbocycles. The van der Waals surface area contributed by atoms with Gasteiger partial charge in [-0.25, -0.2) is 0 Å². The van der Waals surface area contributed by atoms with E-state index in [0.29, 0.717) is 0 Å². The van der Waals surface area contributed by atoms with Gasteiger partial charge >= 0.3 is 0 Å². The minimum absolute atomic E-state index is 0.0680. The molecule has 1 fully saturated rings. The molecule has 1 heteroatoms.